The van der Waals surface area contributed by atoms with E-state index in [9.17, 15) is 4.79 Å². The summed E-state index contributed by atoms with van der Waals surface area (Å²) in [6.45, 7) is 0. The van der Waals surface area contributed by atoms with Gasteiger partial charge in [0.1, 0.15) is 0 Å². The lowest BCUT2D eigenvalue weighted by atomic mass is 10.1. The van der Waals surface area contributed by atoms with Crippen molar-refractivity contribution < 1.29 is 4.79 Å². The Labute approximate surface area is 98.6 Å². The molecule has 6 heteroatoms. The highest BCUT2D eigenvalue weighted by Crippen LogP contribution is 2.09. The molecule has 0 aliphatic heterocycles. The number of rotatable bonds is 4. The number of hydrogen-bond donors (Lipinski definition) is 3. The summed E-state index contributed by atoms with van der Waals surface area (Å²) >= 11 is 8.86. The minimum Gasteiger partial charge on any atom is -0.290 e. The summed E-state index contributed by atoms with van der Waals surface area (Å²) in [5.74, 6) is 4.72. The van der Waals surface area contributed by atoms with E-state index in [1.165, 1.54) is 0 Å². The molecule has 0 saturated carbocycles. The highest BCUT2D eigenvalue weighted by atomic mass is 32.1. The number of nitrogens with zero attached hydrogens (tertiary/aromatic N) is 1. The van der Waals surface area contributed by atoms with Crippen molar-refractivity contribution >= 4 is 35.0 Å². The molecule has 0 unspecified atom stereocenters. The second kappa shape index (κ2) is 5.79. The van der Waals surface area contributed by atoms with E-state index in [0.717, 1.165) is 0 Å². The number of pyridine rings is 1. The molecule has 15 heavy (non-hydrogen) atoms. The first-order valence-corrected chi connectivity index (χ1v) is 5.17. The second-order valence-electron chi connectivity index (χ2n) is 2.86. The molecule has 3 N–H and O–H groups in total. The van der Waals surface area contributed by atoms with Gasteiger partial charge < -0.3 is 0 Å². The molecule has 0 bridgehead atoms. The Morgan fingerprint density at radius 2 is 2.40 bits per heavy atom. The molecule has 0 fully saturated rings. The first-order chi connectivity index (χ1) is 7.15. The van der Waals surface area contributed by atoms with Crippen LogP contribution in [0, 0.1) is 0 Å². The van der Waals surface area contributed by atoms with E-state index >= 15 is 0 Å². The van der Waals surface area contributed by atoms with Gasteiger partial charge in [0.15, 0.2) is 0 Å². The molecule has 1 rings (SSSR count). The molecule has 1 aromatic heterocycles. The molecule has 4 nitrogen and oxygen atoms in total. The number of nitrogen functional groups attached to an aromatic ring is 1. The molecular weight excluding hydrogens is 230 g/mol. The van der Waals surface area contributed by atoms with Crippen molar-refractivity contribution in [2.45, 2.75) is 12.8 Å². The molecule has 0 aliphatic carbocycles. The van der Waals surface area contributed by atoms with Crippen molar-refractivity contribution in [2.75, 3.05) is 0 Å². The Kier molecular flexibility index (Phi) is 4.67. The highest BCUT2D eigenvalue weighted by Gasteiger charge is 2.10. The minimum absolute atomic E-state index is 0.344. The van der Waals surface area contributed by atoms with Crippen LogP contribution >= 0.6 is 24.8 Å². The average Bonchev–Trinajstić information content (AvgIpc) is 2.25. The highest BCUT2D eigenvalue weighted by molar-refractivity contribution is 8.11. The van der Waals surface area contributed by atoms with Crippen LogP contribution in [0.15, 0.2) is 18.3 Å². The second-order valence-corrected chi connectivity index (χ2v) is 4.20. The summed E-state index contributed by atoms with van der Waals surface area (Å²) in [4.78, 5) is 15.5. The van der Waals surface area contributed by atoms with Crippen LogP contribution in [0.25, 0.3) is 0 Å². The molecule has 0 atom stereocenters. The Morgan fingerprint density at radius 3 is 3.00 bits per heavy atom. The standard InChI is InChI=1S/C9H11N3OS2/c10-12-9(13)6-2-1-5-11-7(6)3-4-8(14)15/h1-2,5H,3-4,10H2,(H,12,13)(H,14,15). The number of carbonyl (C=O) groups excluding carboxylic acids is 1. The van der Waals surface area contributed by atoms with Gasteiger partial charge in [-0.3, -0.25) is 15.2 Å². The first-order valence-electron chi connectivity index (χ1n) is 4.31. The topological polar surface area (TPSA) is 68.0 Å². The fourth-order valence-corrected chi connectivity index (χ4v) is 1.36. The number of hydrogen-bond acceptors (Lipinski definition) is 4. The van der Waals surface area contributed by atoms with Gasteiger partial charge in [-0.15, -0.1) is 12.6 Å². The third-order valence-corrected chi connectivity index (χ3v) is 2.27. The first kappa shape index (κ1) is 12.1. The number of amides is 1. The third kappa shape index (κ3) is 3.58. The zero-order valence-corrected chi connectivity index (χ0v) is 9.65. The molecule has 1 amide bonds. The fourth-order valence-electron chi connectivity index (χ4n) is 1.15. The van der Waals surface area contributed by atoms with E-state index < -0.39 is 0 Å². The van der Waals surface area contributed by atoms with E-state index in [1.807, 2.05) is 0 Å². The summed E-state index contributed by atoms with van der Waals surface area (Å²) in [5, 5.41) is 0. The van der Waals surface area contributed by atoms with E-state index in [-0.39, 0.29) is 5.91 Å². The van der Waals surface area contributed by atoms with Crippen LogP contribution in [0.3, 0.4) is 0 Å². The SMILES string of the molecule is NNC(=O)c1cccnc1CCC(=S)S. The van der Waals surface area contributed by atoms with Gasteiger partial charge >= 0.3 is 0 Å². The van der Waals surface area contributed by atoms with E-state index in [2.05, 4.69) is 23.0 Å². The van der Waals surface area contributed by atoms with Crippen molar-refractivity contribution in [3.8, 4) is 0 Å². The summed E-state index contributed by atoms with van der Waals surface area (Å²) in [5.41, 5.74) is 3.23. The monoisotopic (exact) mass is 241 g/mol. The normalized spacial score (nSPS) is 9.73. The maximum absolute atomic E-state index is 11.4. The Bertz CT molecular complexity index is 381. The van der Waals surface area contributed by atoms with Crippen molar-refractivity contribution in [1.29, 1.82) is 0 Å². The zero-order valence-electron chi connectivity index (χ0n) is 7.93. The predicted octanol–water partition coefficient (Wildman–Crippen LogP) is 0.875. The van der Waals surface area contributed by atoms with Gasteiger partial charge in [-0.05, 0) is 25.0 Å². The number of aromatic nitrogens is 1. The lowest BCUT2D eigenvalue weighted by Gasteiger charge is -2.05. The van der Waals surface area contributed by atoms with Gasteiger partial charge in [0.2, 0.25) is 0 Å². The van der Waals surface area contributed by atoms with Gasteiger partial charge in [-0.1, -0.05) is 12.2 Å². The van der Waals surface area contributed by atoms with Crippen LogP contribution in [0.1, 0.15) is 22.5 Å². The number of nitrogens with two attached hydrogens (primary N) is 1. The van der Waals surface area contributed by atoms with Crippen molar-refractivity contribution in [3.05, 3.63) is 29.6 Å². The van der Waals surface area contributed by atoms with E-state index in [1.54, 1.807) is 18.3 Å². The fraction of sp³-hybridized carbons (Fsp3) is 0.222. The molecule has 0 aliphatic rings. The smallest absolute Gasteiger partial charge is 0.267 e. The summed E-state index contributed by atoms with van der Waals surface area (Å²) in [7, 11) is 0. The molecule has 1 heterocycles. The minimum atomic E-state index is -0.344. The molecule has 80 valence electrons. The summed E-state index contributed by atoms with van der Waals surface area (Å²) < 4.78 is 0.597. The van der Waals surface area contributed by atoms with Gasteiger partial charge in [-0.2, -0.15) is 0 Å². The number of thiol groups is 1. The van der Waals surface area contributed by atoms with Crippen molar-refractivity contribution in [1.82, 2.24) is 10.4 Å². The quantitative estimate of drug-likeness (QED) is 0.241. The third-order valence-electron chi connectivity index (χ3n) is 1.84. The molecule has 0 radical (unpaired) electrons. The van der Waals surface area contributed by atoms with Crippen LogP contribution in [0.2, 0.25) is 0 Å². The molecule has 0 saturated heterocycles. The molecule has 0 spiro atoms. The van der Waals surface area contributed by atoms with Crippen LogP contribution in [-0.2, 0) is 6.42 Å². The van der Waals surface area contributed by atoms with Gasteiger partial charge in [-0.25, -0.2) is 5.84 Å². The maximum Gasteiger partial charge on any atom is 0.267 e. The number of aryl methyl sites for hydroxylation is 1. The zero-order chi connectivity index (χ0) is 11.3. The predicted molar refractivity (Wildman–Crippen MR) is 65.8 cm³/mol. The van der Waals surface area contributed by atoms with Gasteiger partial charge in [0.25, 0.3) is 5.91 Å². The lowest BCUT2D eigenvalue weighted by Crippen LogP contribution is -2.31. The van der Waals surface area contributed by atoms with Crippen LogP contribution in [0.4, 0.5) is 0 Å². The number of nitrogens with one attached hydrogen (secondary N) is 1. The molecule has 1 aromatic rings. The van der Waals surface area contributed by atoms with Crippen molar-refractivity contribution in [2.24, 2.45) is 5.84 Å². The molecular formula is C9H11N3OS2. The summed E-state index contributed by atoms with van der Waals surface area (Å²) in [6.07, 6.45) is 2.83. The van der Waals surface area contributed by atoms with Crippen molar-refractivity contribution in [3.63, 3.8) is 0 Å². The molecule has 0 aromatic carbocycles. The number of carbonyl (C=O) groups is 1. The van der Waals surface area contributed by atoms with E-state index in [4.69, 9.17) is 18.1 Å². The average molecular weight is 241 g/mol. The number of thiocarbonyl (C=S) groups is 1. The maximum atomic E-state index is 11.4. The number of hydrazine groups is 1. The Hall–Kier alpha value is -0.980. The van der Waals surface area contributed by atoms with Gasteiger partial charge in [0.05, 0.1) is 11.3 Å². The lowest BCUT2D eigenvalue weighted by molar-refractivity contribution is 0.0952. The Balaban J connectivity index is 2.86. The van der Waals surface area contributed by atoms with Gasteiger partial charge in [0, 0.05) is 10.4 Å². The largest absolute Gasteiger partial charge is 0.290 e. The van der Waals surface area contributed by atoms with E-state index in [0.29, 0.717) is 28.3 Å². The van der Waals surface area contributed by atoms with Crippen LogP contribution < -0.4 is 11.3 Å². The Morgan fingerprint density at radius 1 is 1.67 bits per heavy atom. The summed E-state index contributed by atoms with van der Waals surface area (Å²) in [6, 6.07) is 3.36. The van der Waals surface area contributed by atoms with Crippen LogP contribution in [-0.4, -0.2) is 15.1 Å². The van der Waals surface area contributed by atoms with Crippen LogP contribution in [0.5, 0.6) is 0 Å².